The van der Waals surface area contributed by atoms with Crippen LogP contribution in [0.3, 0.4) is 0 Å². The normalized spacial score (nSPS) is 23.5. The fraction of sp³-hybridized carbons (Fsp3) is 0.632. The molecule has 1 N–H and O–H groups in total. The highest BCUT2D eigenvalue weighted by atomic mass is 35.5. The Morgan fingerprint density at radius 1 is 1.33 bits per heavy atom. The number of rotatable bonds is 6. The summed E-state index contributed by atoms with van der Waals surface area (Å²) in [5.41, 5.74) is 0.994. The Morgan fingerprint density at radius 3 is 2.71 bits per heavy atom. The van der Waals surface area contributed by atoms with Crippen molar-refractivity contribution in [1.82, 2.24) is 10.2 Å². The second-order valence-electron chi connectivity index (χ2n) is 7.24. The summed E-state index contributed by atoms with van der Waals surface area (Å²) in [6.07, 6.45) is 5.22. The molecule has 1 saturated heterocycles. The van der Waals surface area contributed by atoms with Crippen molar-refractivity contribution in [2.24, 2.45) is 5.41 Å². The van der Waals surface area contributed by atoms with Crippen molar-refractivity contribution in [3.8, 4) is 0 Å². The van der Waals surface area contributed by atoms with Crippen LogP contribution in [0.15, 0.2) is 24.3 Å². The van der Waals surface area contributed by atoms with Crippen LogP contribution in [0.2, 0.25) is 5.02 Å². The lowest BCUT2D eigenvalue weighted by Gasteiger charge is -2.42. The number of nitrogens with one attached hydrogen (secondary N) is 1. The molecule has 0 bridgehead atoms. The zero-order valence-electron chi connectivity index (χ0n) is 14.4. The number of ether oxygens (including phenoxy) is 1. The van der Waals surface area contributed by atoms with E-state index >= 15 is 0 Å². The Kier molecular flexibility index (Phi) is 5.80. The molecule has 0 radical (unpaired) electrons. The topological polar surface area (TPSA) is 41.6 Å². The molecule has 1 saturated carbocycles. The fourth-order valence-electron chi connectivity index (χ4n) is 3.82. The molecule has 1 aliphatic carbocycles. The van der Waals surface area contributed by atoms with Gasteiger partial charge < -0.3 is 10.1 Å². The number of carbonyl (C=O) groups is 1. The second-order valence-corrected chi connectivity index (χ2v) is 7.68. The first-order valence-electron chi connectivity index (χ1n) is 8.88. The van der Waals surface area contributed by atoms with Gasteiger partial charge in [-0.05, 0) is 49.9 Å². The van der Waals surface area contributed by atoms with Gasteiger partial charge in [0.05, 0.1) is 12.0 Å². The molecule has 1 aliphatic heterocycles. The lowest BCUT2D eigenvalue weighted by atomic mass is 9.68. The number of methoxy groups -OCH3 is 1. The molecule has 1 aromatic carbocycles. The molecule has 1 heterocycles. The number of amides is 1. The summed E-state index contributed by atoms with van der Waals surface area (Å²) in [5.74, 6) is 0.189. The second kappa shape index (κ2) is 7.85. The third-order valence-corrected chi connectivity index (χ3v) is 5.63. The van der Waals surface area contributed by atoms with E-state index in [1.54, 1.807) is 7.11 Å². The third-order valence-electron chi connectivity index (χ3n) is 5.37. The molecular formula is C19H27ClN2O2. The number of carbonyl (C=O) groups excluding carboxylic acids is 1. The van der Waals surface area contributed by atoms with Gasteiger partial charge in [0, 0.05) is 31.3 Å². The Labute approximate surface area is 149 Å². The average Bonchev–Trinajstić information content (AvgIpc) is 2.53. The average molecular weight is 351 g/mol. The van der Waals surface area contributed by atoms with Gasteiger partial charge in [0.15, 0.2) is 0 Å². The summed E-state index contributed by atoms with van der Waals surface area (Å²) in [6, 6.07) is 8.27. The van der Waals surface area contributed by atoms with Gasteiger partial charge in [-0.2, -0.15) is 0 Å². The molecule has 0 spiro atoms. The van der Waals surface area contributed by atoms with Crippen molar-refractivity contribution >= 4 is 17.5 Å². The van der Waals surface area contributed by atoms with Gasteiger partial charge in [0.2, 0.25) is 5.91 Å². The first-order valence-corrected chi connectivity index (χ1v) is 9.26. The first-order chi connectivity index (χ1) is 11.6. The standard InChI is InChI=1S/C19H27ClN2O2/c1-24-14-19(9-3-10-19)18(23)21-17-4-2-11-22(13-17)12-15-5-7-16(20)8-6-15/h5-8,17H,2-4,9-14H2,1H3,(H,21,23). The van der Waals surface area contributed by atoms with Gasteiger partial charge in [-0.25, -0.2) is 0 Å². The molecule has 2 fully saturated rings. The zero-order valence-corrected chi connectivity index (χ0v) is 15.1. The largest absolute Gasteiger partial charge is 0.384 e. The molecule has 1 unspecified atom stereocenters. The van der Waals surface area contributed by atoms with E-state index < -0.39 is 0 Å². The summed E-state index contributed by atoms with van der Waals surface area (Å²) in [5, 5.41) is 4.06. The van der Waals surface area contributed by atoms with E-state index in [0.29, 0.717) is 6.61 Å². The van der Waals surface area contributed by atoms with Crippen LogP contribution < -0.4 is 5.32 Å². The Morgan fingerprint density at radius 2 is 2.08 bits per heavy atom. The number of hydrogen-bond donors (Lipinski definition) is 1. The van der Waals surface area contributed by atoms with Crippen molar-refractivity contribution in [3.63, 3.8) is 0 Å². The van der Waals surface area contributed by atoms with Crippen molar-refractivity contribution in [3.05, 3.63) is 34.9 Å². The maximum atomic E-state index is 12.7. The summed E-state index contributed by atoms with van der Waals surface area (Å²) in [4.78, 5) is 15.1. The van der Waals surface area contributed by atoms with E-state index in [4.69, 9.17) is 16.3 Å². The van der Waals surface area contributed by atoms with Crippen LogP contribution in [0.5, 0.6) is 0 Å². The minimum Gasteiger partial charge on any atom is -0.384 e. The van der Waals surface area contributed by atoms with E-state index in [-0.39, 0.29) is 17.4 Å². The highest BCUT2D eigenvalue weighted by molar-refractivity contribution is 6.30. The minimum atomic E-state index is -0.271. The fourth-order valence-corrected chi connectivity index (χ4v) is 3.95. The highest BCUT2D eigenvalue weighted by Gasteiger charge is 2.44. The van der Waals surface area contributed by atoms with Gasteiger partial charge in [-0.1, -0.05) is 30.2 Å². The smallest absolute Gasteiger partial charge is 0.228 e. The number of likely N-dealkylation sites (tertiary alicyclic amines) is 1. The number of halogens is 1. The predicted octanol–water partition coefficient (Wildman–Crippen LogP) is 3.24. The van der Waals surface area contributed by atoms with Crippen LogP contribution >= 0.6 is 11.6 Å². The lowest BCUT2D eigenvalue weighted by Crippen LogP contribution is -2.55. The molecule has 24 heavy (non-hydrogen) atoms. The SMILES string of the molecule is COCC1(C(=O)NC2CCCN(Cc3ccc(Cl)cc3)C2)CCC1. The molecule has 4 nitrogen and oxygen atoms in total. The van der Waals surface area contributed by atoms with Crippen LogP contribution in [0, 0.1) is 5.41 Å². The van der Waals surface area contributed by atoms with Crippen molar-refractivity contribution in [2.45, 2.75) is 44.7 Å². The maximum Gasteiger partial charge on any atom is 0.228 e. The van der Waals surface area contributed by atoms with E-state index in [1.165, 1.54) is 5.56 Å². The third kappa shape index (κ3) is 4.11. The predicted molar refractivity (Wildman–Crippen MR) is 96.1 cm³/mol. The summed E-state index contributed by atoms with van der Waals surface area (Å²) in [7, 11) is 1.68. The van der Waals surface area contributed by atoms with Gasteiger partial charge in [0.25, 0.3) is 0 Å². The Hall–Kier alpha value is -1.10. The van der Waals surface area contributed by atoms with E-state index in [1.807, 2.05) is 12.1 Å². The number of piperidine rings is 1. The minimum absolute atomic E-state index is 0.189. The van der Waals surface area contributed by atoms with Crippen LogP contribution in [-0.2, 0) is 16.1 Å². The highest BCUT2D eigenvalue weighted by Crippen LogP contribution is 2.41. The van der Waals surface area contributed by atoms with Gasteiger partial charge in [0.1, 0.15) is 0 Å². The van der Waals surface area contributed by atoms with E-state index in [0.717, 1.165) is 56.8 Å². The van der Waals surface area contributed by atoms with E-state index in [2.05, 4.69) is 22.3 Å². The monoisotopic (exact) mass is 350 g/mol. The van der Waals surface area contributed by atoms with Crippen LogP contribution in [-0.4, -0.2) is 43.7 Å². The lowest BCUT2D eigenvalue weighted by molar-refractivity contribution is -0.141. The number of hydrogen-bond acceptors (Lipinski definition) is 3. The number of nitrogens with zero attached hydrogens (tertiary/aromatic N) is 1. The zero-order chi connectivity index (χ0) is 17.0. The Bertz CT molecular complexity index is 557. The molecule has 0 aromatic heterocycles. The van der Waals surface area contributed by atoms with Gasteiger partial charge in [-0.3, -0.25) is 9.69 Å². The van der Waals surface area contributed by atoms with Gasteiger partial charge in [-0.15, -0.1) is 0 Å². The van der Waals surface area contributed by atoms with Crippen LogP contribution in [0.4, 0.5) is 0 Å². The van der Waals surface area contributed by atoms with Crippen molar-refractivity contribution in [2.75, 3.05) is 26.8 Å². The Balaban J connectivity index is 1.53. The van der Waals surface area contributed by atoms with Gasteiger partial charge >= 0.3 is 0 Å². The molecule has 2 aliphatic rings. The quantitative estimate of drug-likeness (QED) is 0.856. The summed E-state index contributed by atoms with van der Waals surface area (Å²) in [6.45, 7) is 3.45. The number of benzene rings is 1. The molecule has 3 rings (SSSR count). The molecular weight excluding hydrogens is 324 g/mol. The molecule has 1 amide bonds. The summed E-state index contributed by atoms with van der Waals surface area (Å²) >= 11 is 5.95. The van der Waals surface area contributed by atoms with Crippen LogP contribution in [0.25, 0.3) is 0 Å². The maximum absolute atomic E-state index is 12.7. The molecule has 1 aromatic rings. The molecule has 1 atom stereocenters. The van der Waals surface area contributed by atoms with Crippen molar-refractivity contribution < 1.29 is 9.53 Å². The van der Waals surface area contributed by atoms with Crippen LogP contribution in [0.1, 0.15) is 37.7 Å². The molecule has 132 valence electrons. The molecule has 5 heteroatoms. The summed E-state index contributed by atoms with van der Waals surface area (Å²) < 4.78 is 5.29. The van der Waals surface area contributed by atoms with Crippen molar-refractivity contribution in [1.29, 1.82) is 0 Å². The van der Waals surface area contributed by atoms with E-state index in [9.17, 15) is 4.79 Å². The first kappa shape index (κ1) is 17.7.